The van der Waals surface area contributed by atoms with Crippen molar-refractivity contribution in [3.8, 4) is 0 Å². The minimum Gasteiger partial charge on any atom is -0.444 e. The van der Waals surface area contributed by atoms with Gasteiger partial charge in [-0.15, -0.1) is 0 Å². The number of hydrogen-bond acceptors (Lipinski definition) is 7. The van der Waals surface area contributed by atoms with Gasteiger partial charge in [0.15, 0.2) is 0 Å². The summed E-state index contributed by atoms with van der Waals surface area (Å²) in [4.78, 5) is 59.6. The number of nitrogens with one attached hydrogen (secondary N) is 2. The molecule has 2 aliphatic heterocycles. The molecule has 4 N–H and O–H groups in total. The summed E-state index contributed by atoms with van der Waals surface area (Å²) in [7, 11) is 0. The van der Waals surface area contributed by atoms with Crippen molar-refractivity contribution in [3.63, 3.8) is 0 Å². The van der Waals surface area contributed by atoms with Crippen molar-refractivity contribution in [2.24, 2.45) is 5.92 Å². The molecular formula is C31H42N6O5. The Kier molecular flexibility index (Phi) is 9.38. The van der Waals surface area contributed by atoms with Crippen LogP contribution in [0.5, 0.6) is 0 Å². The zero-order valence-corrected chi connectivity index (χ0v) is 25.1. The maximum absolute atomic E-state index is 13.4. The van der Waals surface area contributed by atoms with Gasteiger partial charge in [0.05, 0.1) is 0 Å². The summed E-state index contributed by atoms with van der Waals surface area (Å²) >= 11 is 0. The molecule has 2 aromatic rings. The minimum absolute atomic E-state index is 0.0252. The highest BCUT2D eigenvalue weighted by Crippen LogP contribution is 2.29. The molecule has 0 spiro atoms. The zero-order valence-electron chi connectivity index (χ0n) is 25.1. The smallest absolute Gasteiger partial charge is 0.410 e. The van der Waals surface area contributed by atoms with Gasteiger partial charge in [0.1, 0.15) is 23.5 Å². The lowest BCUT2D eigenvalue weighted by molar-refractivity contribution is -0.131. The lowest BCUT2D eigenvalue weighted by Crippen LogP contribution is -2.52. The highest BCUT2D eigenvalue weighted by Gasteiger charge is 2.42. The van der Waals surface area contributed by atoms with E-state index in [1.54, 1.807) is 39.8 Å². The molecule has 2 saturated heterocycles. The van der Waals surface area contributed by atoms with Crippen molar-refractivity contribution in [2.45, 2.75) is 78.1 Å². The summed E-state index contributed by atoms with van der Waals surface area (Å²) in [5, 5.41) is 5.60. The highest BCUT2D eigenvalue weighted by molar-refractivity contribution is 5.95. The first-order valence-electron chi connectivity index (χ1n) is 14.5. The van der Waals surface area contributed by atoms with E-state index in [1.807, 2.05) is 36.1 Å². The van der Waals surface area contributed by atoms with Crippen LogP contribution in [0.15, 0.2) is 36.4 Å². The van der Waals surface area contributed by atoms with Gasteiger partial charge in [-0.3, -0.25) is 19.3 Å². The monoisotopic (exact) mass is 578 g/mol. The topological polar surface area (TPSA) is 147 Å². The van der Waals surface area contributed by atoms with Gasteiger partial charge in [0.2, 0.25) is 11.8 Å². The third-order valence-corrected chi connectivity index (χ3v) is 7.58. The van der Waals surface area contributed by atoms with Gasteiger partial charge >= 0.3 is 6.09 Å². The van der Waals surface area contributed by atoms with Crippen molar-refractivity contribution in [2.75, 3.05) is 25.4 Å². The van der Waals surface area contributed by atoms with Gasteiger partial charge in [-0.2, -0.15) is 0 Å². The van der Waals surface area contributed by atoms with Crippen LogP contribution in [0, 0.1) is 12.8 Å². The summed E-state index contributed by atoms with van der Waals surface area (Å²) in [5.74, 6) is -0.384. The van der Waals surface area contributed by atoms with Gasteiger partial charge in [-0.25, -0.2) is 9.78 Å². The third kappa shape index (κ3) is 7.77. The largest absolute Gasteiger partial charge is 0.444 e. The first kappa shape index (κ1) is 30.8. The van der Waals surface area contributed by atoms with E-state index in [0.29, 0.717) is 36.5 Å². The summed E-state index contributed by atoms with van der Waals surface area (Å²) in [5.41, 5.74) is 8.12. The molecule has 2 aliphatic rings. The number of benzene rings is 1. The second-order valence-electron chi connectivity index (χ2n) is 12.2. The molecule has 1 aromatic carbocycles. The van der Waals surface area contributed by atoms with E-state index in [-0.39, 0.29) is 24.3 Å². The molecule has 3 atom stereocenters. The van der Waals surface area contributed by atoms with Crippen molar-refractivity contribution < 1.29 is 23.9 Å². The molecule has 0 radical (unpaired) electrons. The quantitative estimate of drug-likeness (QED) is 0.436. The molecule has 42 heavy (non-hydrogen) atoms. The Morgan fingerprint density at radius 2 is 1.88 bits per heavy atom. The second kappa shape index (κ2) is 12.8. The lowest BCUT2D eigenvalue weighted by Gasteiger charge is -2.31. The van der Waals surface area contributed by atoms with Crippen molar-refractivity contribution in [1.82, 2.24) is 25.4 Å². The van der Waals surface area contributed by atoms with Gasteiger partial charge < -0.3 is 26.0 Å². The molecule has 11 heteroatoms. The van der Waals surface area contributed by atoms with Crippen LogP contribution in [0.2, 0.25) is 0 Å². The fraction of sp³-hybridized carbons (Fsp3) is 0.516. The average molecular weight is 579 g/mol. The van der Waals surface area contributed by atoms with E-state index in [0.717, 1.165) is 30.6 Å². The molecule has 0 bridgehead atoms. The molecule has 0 saturated carbocycles. The fourth-order valence-corrected chi connectivity index (χ4v) is 5.21. The number of aromatic nitrogens is 1. The maximum Gasteiger partial charge on any atom is 0.410 e. The van der Waals surface area contributed by atoms with Crippen LogP contribution < -0.4 is 16.4 Å². The number of nitrogens with two attached hydrogens (primary N) is 1. The third-order valence-electron chi connectivity index (χ3n) is 7.58. The number of aryl methyl sites for hydroxylation is 1. The van der Waals surface area contributed by atoms with Gasteiger partial charge in [-0.1, -0.05) is 18.2 Å². The van der Waals surface area contributed by atoms with E-state index in [1.165, 1.54) is 4.90 Å². The highest BCUT2D eigenvalue weighted by atomic mass is 16.6. The predicted molar refractivity (Wildman–Crippen MR) is 158 cm³/mol. The molecule has 1 aromatic heterocycles. The SMILES string of the molecule is Cc1nc(N)ccc1CNC(=O)[C@H](C)NC(=O)[C@H]1C[C@H](Cc2cccc(C(=O)N3CCC3)c2)CN1C(=O)OC(C)(C)C. The Balaban J connectivity index is 1.41. The van der Waals surface area contributed by atoms with Crippen molar-refractivity contribution in [1.29, 1.82) is 0 Å². The summed E-state index contributed by atoms with van der Waals surface area (Å²) < 4.78 is 5.62. The average Bonchev–Trinajstić information content (AvgIpc) is 3.30. The van der Waals surface area contributed by atoms with E-state index in [4.69, 9.17) is 10.5 Å². The molecule has 2 fully saturated rings. The number of rotatable bonds is 8. The van der Waals surface area contributed by atoms with Crippen LogP contribution in [0.1, 0.15) is 67.7 Å². The summed E-state index contributed by atoms with van der Waals surface area (Å²) in [6.07, 6.45) is 1.45. The van der Waals surface area contributed by atoms with Crippen molar-refractivity contribution in [3.05, 3.63) is 58.8 Å². The zero-order chi connectivity index (χ0) is 30.6. The van der Waals surface area contributed by atoms with E-state index >= 15 is 0 Å². The van der Waals surface area contributed by atoms with E-state index < -0.39 is 29.7 Å². The van der Waals surface area contributed by atoms with Crippen LogP contribution in [0.25, 0.3) is 0 Å². The van der Waals surface area contributed by atoms with Crippen LogP contribution >= 0.6 is 0 Å². The van der Waals surface area contributed by atoms with Gasteiger partial charge in [0, 0.05) is 37.4 Å². The Hall–Kier alpha value is -4.15. The fourth-order valence-electron chi connectivity index (χ4n) is 5.21. The van der Waals surface area contributed by atoms with Crippen LogP contribution in [0.4, 0.5) is 10.6 Å². The molecule has 4 amide bonds. The Morgan fingerprint density at radius 3 is 2.52 bits per heavy atom. The second-order valence-corrected chi connectivity index (χ2v) is 12.2. The molecule has 4 rings (SSSR count). The lowest BCUT2D eigenvalue weighted by atomic mass is 9.95. The number of likely N-dealkylation sites (tertiary alicyclic amines) is 2. The van der Waals surface area contributed by atoms with Crippen molar-refractivity contribution >= 4 is 29.6 Å². The first-order valence-corrected chi connectivity index (χ1v) is 14.5. The standard InChI is InChI=1S/C31H42N6O5/c1-19-24(10-11-26(32)34-19)17-33-27(38)20(2)35-28(39)25-16-22(18-37(25)30(41)42-31(3,4)5)14-21-8-6-9-23(15-21)29(40)36-12-7-13-36/h6,8-11,15,20,22,25H,7,12-14,16-18H2,1-5H3,(H2,32,34)(H,33,38)(H,35,39)/t20-,22-,25+/m0/s1. The van der Waals surface area contributed by atoms with Crippen LogP contribution in [-0.2, 0) is 27.3 Å². The van der Waals surface area contributed by atoms with Crippen LogP contribution in [-0.4, -0.2) is 75.9 Å². The first-order chi connectivity index (χ1) is 19.8. The summed E-state index contributed by atoms with van der Waals surface area (Å²) in [6.45, 7) is 10.9. The predicted octanol–water partition coefficient (Wildman–Crippen LogP) is 2.81. The molecular weight excluding hydrogens is 536 g/mol. The number of pyridine rings is 1. The number of hydrogen-bond donors (Lipinski definition) is 3. The molecule has 3 heterocycles. The van der Waals surface area contributed by atoms with Gasteiger partial charge in [0.25, 0.3) is 5.91 Å². The van der Waals surface area contributed by atoms with Crippen LogP contribution in [0.3, 0.4) is 0 Å². The normalized spacial score (nSPS) is 19.1. The minimum atomic E-state index is -0.830. The number of ether oxygens (including phenoxy) is 1. The Labute approximate surface area is 247 Å². The number of nitrogens with zero attached hydrogens (tertiary/aromatic N) is 3. The number of carbonyl (C=O) groups is 4. The van der Waals surface area contributed by atoms with E-state index in [2.05, 4.69) is 15.6 Å². The number of nitrogen functional groups attached to an aromatic ring is 1. The molecule has 11 nitrogen and oxygen atoms in total. The maximum atomic E-state index is 13.4. The number of anilines is 1. The molecule has 0 unspecified atom stereocenters. The summed E-state index contributed by atoms with van der Waals surface area (Å²) in [6, 6.07) is 9.39. The molecule has 226 valence electrons. The van der Waals surface area contributed by atoms with Gasteiger partial charge in [-0.05, 0) is 89.1 Å². The molecule has 0 aliphatic carbocycles. The van der Waals surface area contributed by atoms with E-state index in [9.17, 15) is 19.2 Å². The Morgan fingerprint density at radius 1 is 1.14 bits per heavy atom. The Bertz CT molecular complexity index is 1340. The number of carbonyl (C=O) groups excluding carboxylic acids is 4. The number of amides is 4.